The van der Waals surface area contributed by atoms with E-state index in [2.05, 4.69) is 0 Å². The minimum absolute atomic E-state index is 0.0838. The van der Waals surface area contributed by atoms with Gasteiger partial charge in [-0.1, -0.05) is 30.3 Å². The fraction of sp³-hybridized carbons (Fsp3) is 0.263. The van der Waals surface area contributed by atoms with Crippen molar-refractivity contribution in [3.8, 4) is 0 Å². The number of ether oxygens (including phenoxy) is 1. The molecule has 1 aliphatic rings. The first kappa shape index (κ1) is 18.9. The molecule has 0 saturated heterocycles. The van der Waals surface area contributed by atoms with Gasteiger partial charge >= 0.3 is 12.3 Å². The normalized spacial score (nSPS) is 16.9. The average molecular weight is 381 g/mol. The van der Waals surface area contributed by atoms with Crippen LogP contribution in [0.1, 0.15) is 34.8 Å². The van der Waals surface area contributed by atoms with Crippen molar-refractivity contribution >= 4 is 17.6 Å². The van der Waals surface area contributed by atoms with Crippen LogP contribution in [-0.2, 0) is 17.5 Å². The number of hydrogen-bond acceptors (Lipinski definition) is 3. The summed E-state index contributed by atoms with van der Waals surface area (Å²) in [6.07, 6.45) is -6.00. The Kier molecular flexibility index (Phi) is 4.91. The van der Waals surface area contributed by atoms with Crippen molar-refractivity contribution in [2.45, 2.75) is 32.2 Å². The average Bonchev–Trinajstić information content (AvgIpc) is 2.60. The number of rotatable bonds is 2. The Morgan fingerprint density at radius 1 is 1.22 bits per heavy atom. The van der Waals surface area contributed by atoms with Crippen LogP contribution in [0.25, 0.3) is 0 Å². The lowest BCUT2D eigenvalue weighted by atomic mass is 9.94. The quantitative estimate of drug-likeness (QED) is 0.691. The number of halogens is 4. The minimum atomic E-state index is -4.96. The number of ketones is 1. The van der Waals surface area contributed by atoms with E-state index in [4.69, 9.17) is 4.74 Å². The Morgan fingerprint density at radius 2 is 1.89 bits per heavy atom. The van der Waals surface area contributed by atoms with Gasteiger partial charge in [-0.05, 0) is 24.6 Å². The van der Waals surface area contributed by atoms with E-state index in [-0.39, 0.29) is 24.3 Å². The van der Waals surface area contributed by atoms with Crippen molar-refractivity contribution < 1.29 is 31.9 Å². The molecule has 2 aromatic rings. The van der Waals surface area contributed by atoms with Crippen molar-refractivity contribution in [3.05, 3.63) is 65.0 Å². The highest BCUT2D eigenvalue weighted by Gasteiger charge is 2.40. The number of nitrogens with zero attached hydrogens (tertiary/aromatic N) is 1. The van der Waals surface area contributed by atoms with Gasteiger partial charge in [0.15, 0.2) is 5.78 Å². The molecule has 0 aromatic heterocycles. The van der Waals surface area contributed by atoms with Gasteiger partial charge in [-0.25, -0.2) is 9.18 Å². The predicted octanol–water partition coefficient (Wildman–Crippen LogP) is 4.96. The fourth-order valence-corrected chi connectivity index (χ4v) is 2.98. The standard InChI is InChI=1S/C19H15F4NO3/c1-11-7-17(25)13-8-15(20)14(19(21,22)23)9-16(13)24(11)18(26)27-10-12-5-3-2-4-6-12/h2-6,8-9,11H,7,10H2,1H3. The van der Waals surface area contributed by atoms with Crippen LogP contribution in [0.5, 0.6) is 0 Å². The van der Waals surface area contributed by atoms with E-state index in [1.54, 1.807) is 30.3 Å². The summed E-state index contributed by atoms with van der Waals surface area (Å²) in [5.74, 6) is -2.08. The van der Waals surface area contributed by atoms with Gasteiger partial charge in [0.25, 0.3) is 0 Å². The minimum Gasteiger partial charge on any atom is -0.444 e. The first-order valence-corrected chi connectivity index (χ1v) is 8.12. The van der Waals surface area contributed by atoms with Crippen LogP contribution in [0.2, 0.25) is 0 Å². The summed E-state index contributed by atoms with van der Waals surface area (Å²) in [6, 6.07) is 9.03. The maximum absolute atomic E-state index is 13.8. The van der Waals surface area contributed by atoms with Crippen LogP contribution in [0.4, 0.5) is 28.0 Å². The number of hydrogen-bond donors (Lipinski definition) is 0. The number of Topliss-reactive ketones (excluding diaryl/α,β-unsaturated/α-hetero) is 1. The molecule has 3 rings (SSSR count). The van der Waals surface area contributed by atoms with Gasteiger partial charge in [0.2, 0.25) is 0 Å². The van der Waals surface area contributed by atoms with E-state index in [9.17, 15) is 27.2 Å². The first-order chi connectivity index (χ1) is 12.7. The molecule has 2 aromatic carbocycles. The highest BCUT2D eigenvalue weighted by atomic mass is 19.4. The largest absolute Gasteiger partial charge is 0.444 e. The van der Waals surface area contributed by atoms with Crippen LogP contribution in [0.3, 0.4) is 0 Å². The zero-order valence-corrected chi connectivity index (χ0v) is 14.2. The maximum Gasteiger partial charge on any atom is 0.419 e. The third kappa shape index (κ3) is 3.79. The molecular formula is C19H15F4NO3. The van der Waals surface area contributed by atoms with Gasteiger partial charge in [-0.3, -0.25) is 9.69 Å². The molecule has 0 spiro atoms. The zero-order chi connectivity index (χ0) is 19.8. The number of carbonyl (C=O) groups excluding carboxylic acids is 2. The Morgan fingerprint density at radius 3 is 2.52 bits per heavy atom. The highest BCUT2D eigenvalue weighted by Crippen LogP contribution is 2.39. The molecule has 0 aliphatic carbocycles. The van der Waals surface area contributed by atoms with Gasteiger partial charge in [-0.15, -0.1) is 0 Å². The molecule has 1 amide bonds. The molecule has 4 nitrogen and oxygen atoms in total. The molecule has 1 aliphatic heterocycles. The molecule has 8 heteroatoms. The maximum atomic E-state index is 13.8. The van der Waals surface area contributed by atoms with Crippen LogP contribution in [0.15, 0.2) is 42.5 Å². The topological polar surface area (TPSA) is 46.6 Å². The zero-order valence-electron chi connectivity index (χ0n) is 14.2. The van der Waals surface area contributed by atoms with Crippen LogP contribution in [-0.4, -0.2) is 17.9 Å². The summed E-state index contributed by atoms with van der Waals surface area (Å²) < 4.78 is 58.2. The lowest BCUT2D eigenvalue weighted by molar-refractivity contribution is -0.140. The summed E-state index contributed by atoms with van der Waals surface area (Å²) in [5, 5.41) is 0. The third-order valence-electron chi connectivity index (χ3n) is 4.27. The molecule has 142 valence electrons. The monoisotopic (exact) mass is 381 g/mol. The van der Waals surface area contributed by atoms with Crippen molar-refractivity contribution in [2.75, 3.05) is 4.90 Å². The Hall–Kier alpha value is -2.90. The molecule has 1 atom stereocenters. The smallest absolute Gasteiger partial charge is 0.419 e. The Bertz CT molecular complexity index is 881. The second-order valence-electron chi connectivity index (χ2n) is 6.23. The number of fused-ring (bicyclic) bond motifs is 1. The van der Waals surface area contributed by atoms with Gasteiger partial charge in [0.05, 0.1) is 11.3 Å². The second kappa shape index (κ2) is 7.02. The number of carbonyl (C=O) groups is 2. The molecule has 0 saturated carbocycles. The fourth-order valence-electron chi connectivity index (χ4n) is 2.98. The van der Waals surface area contributed by atoms with Gasteiger partial charge in [0.1, 0.15) is 12.4 Å². The van der Waals surface area contributed by atoms with E-state index >= 15 is 0 Å². The molecule has 27 heavy (non-hydrogen) atoms. The van der Waals surface area contributed by atoms with Crippen LogP contribution >= 0.6 is 0 Å². The van der Waals surface area contributed by atoms with Crippen molar-refractivity contribution in [3.63, 3.8) is 0 Å². The third-order valence-corrected chi connectivity index (χ3v) is 4.27. The molecule has 1 unspecified atom stereocenters. The summed E-state index contributed by atoms with van der Waals surface area (Å²) in [6.45, 7) is 1.43. The van der Waals surface area contributed by atoms with Gasteiger partial charge in [-0.2, -0.15) is 13.2 Å². The summed E-state index contributed by atoms with van der Waals surface area (Å²) in [4.78, 5) is 25.6. The Labute approximate surface area is 152 Å². The molecule has 0 fully saturated rings. The summed E-state index contributed by atoms with van der Waals surface area (Å²) in [5.41, 5.74) is -1.41. The number of anilines is 1. The van der Waals surface area contributed by atoms with Crippen molar-refractivity contribution in [1.82, 2.24) is 0 Å². The van der Waals surface area contributed by atoms with Gasteiger partial charge in [0, 0.05) is 18.0 Å². The van der Waals surface area contributed by atoms with E-state index in [1.165, 1.54) is 6.92 Å². The first-order valence-electron chi connectivity index (χ1n) is 8.12. The van der Waals surface area contributed by atoms with Crippen molar-refractivity contribution in [1.29, 1.82) is 0 Å². The van der Waals surface area contributed by atoms with E-state index < -0.39 is 35.5 Å². The van der Waals surface area contributed by atoms with Crippen LogP contribution in [0, 0.1) is 5.82 Å². The number of benzene rings is 2. The summed E-state index contributed by atoms with van der Waals surface area (Å²) in [7, 11) is 0. The second-order valence-corrected chi connectivity index (χ2v) is 6.23. The molecule has 0 bridgehead atoms. The molecule has 0 radical (unpaired) electrons. The highest BCUT2D eigenvalue weighted by molar-refractivity contribution is 6.08. The van der Waals surface area contributed by atoms with E-state index in [0.29, 0.717) is 17.7 Å². The van der Waals surface area contributed by atoms with Crippen LogP contribution < -0.4 is 4.90 Å². The molecular weight excluding hydrogens is 366 g/mol. The lowest BCUT2D eigenvalue weighted by Crippen LogP contribution is -2.44. The predicted molar refractivity (Wildman–Crippen MR) is 88.9 cm³/mol. The van der Waals surface area contributed by atoms with Gasteiger partial charge < -0.3 is 4.74 Å². The Balaban J connectivity index is 1.95. The number of amides is 1. The van der Waals surface area contributed by atoms with E-state index in [0.717, 1.165) is 4.90 Å². The van der Waals surface area contributed by atoms with Crippen molar-refractivity contribution in [2.24, 2.45) is 0 Å². The summed E-state index contributed by atoms with van der Waals surface area (Å²) >= 11 is 0. The van der Waals surface area contributed by atoms with E-state index in [1.807, 2.05) is 0 Å². The molecule has 1 heterocycles. The molecule has 0 N–H and O–H groups in total. The number of alkyl halides is 3. The lowest BCUT2D eigenvalue weighted by Gasteiger charge is -2.34. The SMILES string of the molecule is CC1CC(=O)c2cc(F)c(C(F)(F)F)cc2N1C(=O)OCc1ccccc1.